The first kappa shape index (κ1) is 26.2. The first-order chi connectivity index (χ1) is 20.3. The van der Waals surface area contributed by atoms with Gasteiger partial charge in [-0.1, -0.05) is 87.1 Å². The summed E-state index contributed by atoms with van der Waals surface area (Å²) in [6.45, 7) is 8.68. The van der Waals surface area contributed by atoms with Crippen molar-refractivity contribution in [2.45, 2.75) is 42.9 Å². The van der Waals surface area contributed by atoms with Crippen LogP contribution in [-0.2, 0) is 5.41 Å². The van der Waals surface area contributed by atoms with Gasteiger partial charge < -0.3 is 4.74 Å². The van der Waals surface area contributed by atoms with Crippen molar-refractivity contribution in [3.63, 3.8) is 0 Å². The number of fused-ring (bicyclic) bond motifs is 6. The lowest BCUT2D eigenvalue weighted by Crippen LogP contribution is -2.11. The van der Waals surface area contributed by atoms with Gasteiger partial charge in [0, 0.05) is 38.4 Å². The number of nitrogens with zero attached hydrogens (tertiary/aromatic N) is 4. The maximum atomic E-state index is 6.18. The molecule has 7 aromatic rings. The number of rotatable bonds is 5. The molecular formula is C36H30N4OS. The van der Waals surface area contributed by atoms with Crippen molar-refractivity contribution in [3.8, 4) is 23.0 Å². The lowest BCUT2D eigenvalue weighted by atomic mass is 9.88. The van der Waals surface area contributed by atoms with Crippen molar-refractivity contribution in [2.24, 2.45) is 0 Å². The molecule has 206 valence electrons. The molecule has 0 bridgehead atoms. The Labute approximate surface area is 249 Å². The molecule has 3 aromatic heterocycles. The molecule has 42 heavy (non-hydrogen) atoms. The predicted octanol–water partition coefficient (Wildman–Crippen LogP) is 9.65. The van der Waals surface area contributed by atoms with Crippen molar-refractivity contribution >= 4 is 39.1 Å². The predicted molar refractivity (Wildman–Crippen MR) is 172 cm³/mol. The van der Waals surface area contributed by atoms with Gasteiger partial charge >= 0.3 is 0 Å². The van der Waals surface area contributed by atoms with Crippen molar-refractivity contribution in [1.82, 2.24) is 19.6 Å². The van der Waals surface area contributed by atoms with Crippen LogP contribution in [0.4, 0.5) is 0 Å². The molecule has 0 spiro atoms. The summed E-state index contributed by atoms with van der Waals surface area (Å²) in [7, 11) is 0. The Morgan fingerprint density at radius 3 is 2.38 bits per heavy atom. The molecule has 6 heteroatoms. The monoisotopic (exact) mass is 566 g/mol. The van der Waals surface area contributed by atoms with Gasteiger partial charge in [-0.2, -0.15) is 0 Å². The molecule has 0 aliphatic carbocycles. The maximum Gasteiger partial charge on any atom is 0.219 e. The average molecular weight is 567 g/mol. The highest BCUT2D eigenvalue weighted by molar-refractivity contribution is 7.99. The summed E-state index contributed by atoms with van der Waals surface area (Å²) >= 11 is 1.70. The smallest absolute Gasteiger partial charge is 0.219 e. The number of hydrogen-bond donors (Lipinski definition) is 0. The molecule has 0 fully saturated rings. The third-order valence-corrected chi connectivity index (χ3v) is 8.56. The Kier molecular flexibility index (Phi) is 6.43. The van der Waals surface area contributed by atoms with Gasteiger partial charge in [-0.05, 0) is 71.3 Å². The second-order valence-electron chi connectivity index (χ2n) is 11.5. The van der Waals surface area contributed by atoms with Gasteiger partial charge in [0.25, 0.3) is 0 Å². The van der Waals surface area contributed by atoms with Crippen molar-refractivity contribution < 1.29 is 4.74 Å². The standard InChI is InChI=1S/C36H30N4OS/c1-23-10-5-6-13-28(23)34-38-39-35-31-22-27(16-17-29(31)30-14-7-8-15-32(30)40(34)35)42-26-12-9-11-25(21-26)41-33-20-24(18-19-37-33)36(2,3)4/h5-22H,1-4H3. The van der Waals surface area contributed by atoms with E-state index in [9.17, 15) is 0 Å². The van der Waals surface area contributed by atoms with Crippen LogP contribution in [0.25, 0.3) is 38.7 Å². The fourth-order valence-corrected chi connectivity index (χ4v) is 6.28. The first-order valence-corrected chi connectivity index (χ1v) is 14.8. The molecule has 0 radical (unpaired) electrons. The Morgan fingerprint density at radius 1 is 0.714 bits per heavy atom. The molecule has 7 rings (SSSR count). The van der Waals surface area contributed by atoms with Crippen LogP contribution < -0.4 is 4.74 Å². The number of pyridine rings is 2. The van der Waals surface area contributed by atoms with Gasteiger partial charge in [-0.15, -0.1) is 10.2 Å². The quantitative estimate of drug-likeness (QED) is 0.194. The molecule has 5 nitrogen and oxygen atoms in total. The van der Waals surface area contributed by atoms with Crippen molar-refractivity contribution in [2.75, 3.05) is 0 Å². The minimum Gasteiger partial charge on any atom is -0.439 e. The lowest BCUT2D eigenvalue weighted by molar-refractivity contribution is 0.457. The number of ether oxygens (including phenoxy) is 1. The van der Waals surface area contributed by atoms with E-state index in [2.05, 4.69) is 116 Å². The Bertz CT molecular complexity index is 2110. The highest BCUT2D eigenvalue weighted by Crippen LogP contribution is 2.37. The van der Waals surface area contributed by atoms with E-state index in [1.165, 1.54) is 16.5 Å². The SMILES string of the molecule is Cc1ccccc1-c1nnc2c3cc(Sc4cccc(Oc5cc(C(C)(C)C)ccn5)c4)ccc3c3ccccc3n12. The topological polar surface area (TPSA) is 52.3 Å². The van der Waals surface area contributed by atoms with Gasteiger partial charge in [-0.3, -0.25) is 4.40 Å². The van der Waals surface area contributed by atoms with Crippen molar-refractivity contribution in [3.05, 3.63) is 120 Å². The van der Waals surface area contributed by atoms with Gasteiger partial charge in [0.15, 0.2) is 11.5 Å². The normalized spacial score (nSPS) is 11.9. The fraction of sp³-hybridized carbons (Fsp3) is 0.139. The van der Waals surface area contributed by atoms with E-state index in [1.807, 2.05) is 30.5 Å². The zero-order valence-electron chi connectivity index (χ0n) is 24.0. The molecule has 0 atom stereocenters. The zero-order chi connectivity index (χ0) is 28.8. The molecule has 0 aliphatic heterocycles. The van der Waals surface area contributed by atoms with Gasteiger partial charge in [0.1, 0.15) is 5.75 Å². The van der Waals surface area contributed by atoms with E-state index < -0.39 is 0 Å². The maximum absolute atomic E-state index is 6.18. The van der Waals surface area contributed by atoms with Crippen LogP contribution >= 0.6 is 11.8 Å². The van der Waals surface area contributed by atoms with Crippen LogP contribution in [0.3, 0.4) is 0 Å². The van der Waals surface area contributed by atoms with E-state index in [4.69, 9.17) is 14.9 Å². The van der Waals surface area contributed by atoms with Crippen LogP contribution in [0.15, 0.2) is 119 Å². The summed E-state index contributed by atoms with van der Waals surface area (Å²) in [6, 6.07) is 35.6. The van der Waals surface area contributed by atoms with E-state index in [0.717, 1.165) is 48.9 Å². The van der Waals surface area contributed by atoms with Gasteiger partial charge in [0.05, 0.1) is 5.52 Å². The van der Waals surface area contributed by atoms with Crippen LogP contribution in [-0.4, -0.2) is 19.6 Å². The van der Waals surface area contributed by atoms with Crippen LogP contribution in [0.2, 0.25) is 0 Å². The highest BCUT2D eigenvalue weighted by atomic mass is 32.2. The van der Waals surface area contributed by atoms with E-state index in [1.54, 1.807) is 11.8 Å². The van der Waals surface area contributed by atoms with Crippen molar-refractivity contribution in [1.29, 1.82) is 0 Å². The Hall–Kier alpha value is -4.68. The van der Waals surface area contributed by atoms with Crippen LogP contribution in [0.5, 0.6) is 11.6 Å². The summed E-state index contributed by atoms with van der Waals surface area (Å²) in [5.41, 5.74) is 5.41. The third kappa shape index (κ3) is 4.78. The molecule has 0 saturated carbocycles. The van der Waals surface area contributed by atoms with Gasteiger partial charge in [-0.25, -0.2) is 4.98 Å². The Morgan fingerprint density at radius 2 is 1.52 bits per heavy atom. The number of benzene rings is 4. The molecule has 0 saturated heterocycles. The highest BCUT2D eigenvalue weighted by Gasteiger charge is 2.18. The Balaban J connectivity index is 1.28. The summed E-state index contributed by atoms with van der Waals surface area (Å²) in [6.07, 6.45) is 1.81. The summed E-state index contributed by atoms with van der Waals surface area (Å²) < 4.78 is 8.37. The molecule has 0 N–H and O–H groups in total. The molecule has 0 amide bonds. The molecule has 4 aromatic carbocycles. The number of hydrogen-bond acceptors (Lipinski definition) is 5. The van der Waals surface area contributed by atoms with E-state index >= 15 is 0 Å². The fourth-order valence-electron chi connectivity index (χ4n) is 5.38. The molecule has 3 heterocycles. The summed E-state index contributed by atoms with van der Waals surface area (Å²) in [5.74, 6) is 2.21. The van der Waals surface area contributed by atoms with E-state index in [-0.39, 0.29) is 5.41 Å². The van der Waals surface area contributed by atoms with Crippen LogP contribution in [0, 0.1) is 6.92 Å². The minimum atomic E-state index is 0.0244. The molecule has 0 unspecified atom stereocenters. The van der Waals surface area contributed by atoms with Gasteiger partial charge in [0.2, 0.25) is 5.88 Å². The molecule has 0 aliphatic rings. The van der Waals surface area contributed by atoms with Crippen LogP contribution in [0.1, 0.15) is 31.9 Å². The zero-order valence-corrected chi connectivity index (χ0v) is 24.8. The minimum absolute atomic E-state index is 0.0244. The second kappa shape index (κ2) is 10.3. The van der Waals surface area contributed by atoms with E-state index in [0.29, 0.717) is 5.88 Å². The number of aryl methyl sites for hydroxylation is 1. The molecular weight excluding hydrogens is 536 g/mol. The largest absolute Gasteiger partial charge is 0.439 e. The first-order valence-electron chi connectivity index (χ1n) is 14.0. The third-order valence-electron chi connectivity index (χ3n) is 7.58. The summed E-state index contributed by atoms with van der Waals surface area (Å²) in [4.78, 5) is 6.63. The second-order valence-corrected chi connectivity index (χ2v) is 12.7. The summed E-state index contributed by atoms with van der Waals surface area (Å²) in [5, 5.41) is 12.8. The average Bonchev–Trinajstić information content (AvgIpc) is 3.43. The number of para-hydroxylation sites is 1. The lowest BCUT2D eigenvalue weighted by Gasteiger charge is -2.19. The number of aromatic nitrogens is 4.